The minimum absolute atomic E-state index is 0.116. The number of thioether (sulfide) groups is 1. The van der Waals surface area contributed by atoms with Crippen LogP contribution in [0.1, 0.15) is 31.3 Å². The first-order valence-corrected chi connectivity index (χ1v) is 5.89. The van der Waals surface area contributed by atoms with E-state index in [1.165, 1.54) is 18.6 Å². The van der Waals surface area contributed by atoms with E-state index in [1.807, 2.05) is 24.0 Å². The van der Waals surface area contributed by atoms with Crippen LogP contribution in [0.4, 0.5) is 0 Å². The summed E-state index contributed by atoms with van der Waals surface area (Å²) in [5.74, 6) is 2.16. The first-order valence-electron chi connectivity index (χ1n) is 4.91. The van der Waals surface area contributed by atoms with Gasteiger partial charge < -0.3 is 5.73 Å². The summed E-state index contributed by atoms with van der Waals surface area (Å²) in [6.45, 7) is 2.72. The average Bonchev–Trinajstić information content (AvgIpc) is 2.67. The van der Waals surface area contributed by atoms with E-state index in [0.29, 0.717) is 6.54 Å². The minimum atomic E-state index is 0.116. The molecule has 2 rings (SSSR count). The quantitative estimate of drug-likeness (QED) is 0.805. The third-order valence-electron chi connectivity index (χ3n) is 2.61. The van der Waals surface area contributed by atoms with Crippen LogP contribution in [-0.2, 0) is 11.3 Å². The van der Waals surface area contributed by atoms with Gasteiger partial charge >= 0.3 is 0 Å². The Labute approximate surface area is 88.5 Å². The summed E-state index contributed by atoms with van der Waals surface area (Å²) in [6.07, 6.45) is 4.25. The Kier molecular flexibility index (Phi) is 2.74. The van der Waals surface area contributed by atoms with Crippen LogP contribution in [0.15, 0.2) is 12.3 Å². The van der Waals surface area contributed by atoms with Crippen LogP contribution in [0.5, 0.6) is 0 Å². The largest absolute Gasteiger partial charge is 0.325 e. The zero-order valence-electron chi connectivity index (χ0n) is 8.36. The number of nitrogens with zero attached hydrogens (tertiary/aromatic N) is 2. The van der Waals surface area contributed by atoms with Crippen molar-refractivity contribution in [1.29, 1.82) is 0 Å². The maximum absolute atomic E-state index is 5.56. The highest BCUT2D eigenvalue weighted by atomic mass is 32.2. The number of hydrogen-bond donors (Lipinski definition) is 1. The summed E-state index contributed by atoms with van der Waals surface area (Å²) in [5.41, 5.74) is 6.50. The van der Waals surface area contributed by atoms with Crippen LogP contribution in [-0.4, -0.2) is 15.7 Å². The molecule has 4 heteroatoms. The third kappa shape index (κ3) is 1.77. The fraction of sp³-hybridized carbons (Fsp3) is 0.600. The van der Waals surface area contributed by atoms with Gasteiger partial charge in [0, 0.05) is 12.7 Å². The summed E-state index contributed by atoms with van der Waals surface area (Å²) < 4.78 is 0.116. The molecule has 1 unspecified atom stereocenters. The lowest BCUT2D eigenvalue weighted by molar-refractivity contribution is 0.599. The van der Waals surface area contributed by atoms with Gasteiger partial charge in [-0.1, -0.05) is 0 Å². The van der Waals surface area contributed by atoms with Crippen molar-refractivity contribution < 1.29 is 0 Å². The normalized spacial score (nSPS) is 26.7. The summed E-state index contributed by atoms with van der Waals surface area (Å²) in [7, 11) is 0. The molecule has 2 heterocycles. The van der Waals surface area contributed by atoms with Crippen LogP contribution in [0.2, 0.25) is 0 Å². The molecule has 14 heavy (non-hydrogen) atoms. The van der Waals surface area contributed by atoms with Gasteiger partial charge in [-0.3, -0.25) is 0 Å². The molecule has 0 bridgehead atoms. The van der Waals surface area contributed by atoms with Crippen LogP contribution < -0.4 is 5.73 Å². The van der Waals surface area contributed by atoms with Crippen LogP contribution in [0.25, 0.3) is 0 Å². The maximum atomic E-state index is 5.56. The van der Waals surface area contributed by atoms with Gasteiger partial charge in [0.2, 0.25) is 0 Å². The molecule has 3 nitrogen and oxygen atoms in total. The lowest BCUT2D eigenvalue weighted by atomic mass is 10.0. The second-order valence-electron chi connectivity index (χ2n) is 3.76. The monoisotopic (exact) mass is 209 g/mol. The molecule has 1 aliphatic rings. The SMILES string of the molecule is CC1(c2nccc(CN)n2)CCCS1. The molecule has 1 aliphatic heterocycles. The zero-order chi connectivity index (χ0) is 10.0. The van der Waals surface area contributed by atoms with E-state index in [9.17, 15) is 0 Å². The van der Waals surface area contributed by atoms with Gasteiger partial charge in [-0.2, -0.15) is 0 Å². The summed E-state index contributed by atoms with van der Waals surface area (Å²) in [6, 6.07) is 1.88. The van der Waals surface area contributed by atoms with Gasteiger partial charge in [-0.05, 0) is 31.6 Å². The standard InChI is InChI=1S/C10H15N3S/c1-10(4-2-6-14-10)9-12-5-3-8(7-11)13-9/h3,5H,2,4,6-7,11H2,1H3. The van der Waals surface area contributed by atoms with Crippen LogP contribution in [0, 0.1) is 0 Å². The predicted octanol–water partition coefficient (Wildman–Crippen LogP) is 1.68. The maximum Gasteiger partial charge on any atom is 0.144 e. The Morgan fingerprint density at radius 1 is 1.64 bits per heavy atom. The predicted molar refractivity (Wildman–Crippen MR) is 59.0 cm³/mol. The Morgan fingerprint density at radius 3 is 3.14 bits per heavy atom. The molecule has 1 atom stereocenters. The van der Waals surface area contributed by atoms with Gasteiger partial charge in [0.15, 0.2) is 0 Å². The van der Waals surface area contributed by atoms with Crippen molar-refractivity contribution in [3.8, 4) is 0 Å². The second kappa shape index (κ2) is 3.87. The van der Waals surface area contributed by atoms with Gasteiger partial charge in [0.05, 0.1) is 10.4 Å². The lowest BCUT2D eigenvalue weighted by Crippen LogP contribution is -2.18. The van der Waals surface area contributed by atoms with Crippen molar-refractivity contribution in [2.45, 2.75) is 31.1 Å². The Hall–Kier alpha value is -0.610. The molecule has 2 N–H and O–H groups in total. The summed E-state index contributed by atoms with van der Waals surface area (Å²) in [5, 5.41) is 0. The fourth-order valence-electron chi connectivity index (χ4n) is 1.72. The number of hydrogen-bond acceptors (Lipinski definition) is 4. The first kappa shape index (κ1) is 9.93. The molecule has 1 aromatic heterocycles. The van der Waals surface area contributed by atoms with Crippen molar-refractivity contribution in [3.63, 3.8) is 0 Å². The van der Waals surface area contributed by atoms with Crippen LogP contribution in [0.3, 0.4) is 0 Å². The van der Waals surface area contributed by atoms with Crippen LogP contribution >= 0.6 is 11.8 Å². The molecule has 0 spiro atoms. The molecule has 76 valence electrons. The van der Waals surface area contributed by atoms with E-state index in [-0.39, 0.29) is 4.75 Å². The van der Waals surface area contributed by atoms with E-state index in [4.69, 9.17) is 5.73 Å². The molecular weight excluding hydrogens is 194 g/mol. The average molecular weight is 209 g/mol. The molecule has 0 amide bonds. The highest BCUT2D eigenvalue weighted by Gasteiger charge is 2.34. The molecule has 0 radical (unpaired) electrons. The minimum Gasteiger partial charge on any atom is -0.325 e. The first-order chi connectivity index (χ1) is 6.74. The van der Waals surface area contributed by atoms with Gasteiger partial charge in [-0.25, -0.2) is 9.97 Å². The highest BCUT2D eigenvalue weighted by Crippen LogP contribution is 2.44. The number of aromatic nitrogens is 2. The smallest absolute Gasteiger partial charge is 0.144 e. The molecule has 0 aromatic carbocycles. The molecule has 1 saturated heterocycles. The molecule has 1 fully saturated rings. The van der Waals surface area contributed by atoms with Gasteiger partial charge in [-0.15, -0.1) is 11.8 Å². The second-order valence-corrected chi connectivity index (χ2v) is 5.36. The van der Waals surface area contributed by atoms with Gasteiger partial charge in [0.1, 0.15) is 5.82 Å². The molecule has 0 saturated carbocycles. The van der Waals surface area contributed by atoms with Crippen molar-refractivity contribution in [3.05, 3.63) is 23.8 Å². The van der Waals surface area contributed by atoms with Gasteiger partial charge in [0.25, 0.3) is 0 Å². The number of nitrogens with two attached hydrogens (primary N) is 1. The summed E-state index contributed by atoms with van der Waals surface area (Å²) >= 11 is 1.95. The van der Waals surface area contributed by atoms with Crippen molar-refractivity contribution in [2.24, 2.45) is 5.73 Å². The Bertz CT molecular complexity index is 321. The Morgan fingerprint density at radius 2 is 2.50 bits per heavy atom. The van der Waals surface area contributed by atoms with E-state index in [0.717, 1.165) is 11.5 Å². The van der Waals surface area contributed by atoms with E-state index >= 15 is 0 Å². The zero-order valence-corrected chi connectivity index (χ0v) is 9.18. The van der Waals surface area contributed by atoms with E-state index in [2.05, 4.69) is 16.9 Å². The Balaban J connectivity index is 2.30. The molecule has 0 aliphatic carbocycles. The fourth-order valence-corrected chi connectivity index (χ4v) is 2.98. The van der Waals surface area contributed by atoms with E-state index < -0.39 is 0 Å². The topological polar surface area (TPSA) is 51.8 Å². The third-order valence-corrected chi connectivity index (χ3v) is 4.13. The lowest BCUT2D eigenvalue weighted by Gasteiger charge is -2.20. The van der Waals surface area contributed by atoms with E-state index in [1.54, 1.807) is 0 Å². The van der Waals surface area contributed by atoms with Crippen molar-refractivity contribution in [1.82, 2.24) is 9.97 Å². The van der Waals surface area contributed by atoms with Crippen molar-refractivity contribution in [2.75, 3.05) is 5.75 Å². The molecular formula is C10H15N3S. The number of rotatable bonds is 2. The highest BCUT2D eigenvalue weighted by molar-refractivity contribution is 8.00. The van der Waals surface area contributed by atoms with Crippen molar-refractivity contribution >= 4 is 11.8 Å². The summed E-state index contributed by atoms with van der Waals surface area (Å²) in [4.78, 5) is 8.84. The molecule has 1 aromatic rings.